The summed E-state index contributed by atoms with van der Waals surface area (Å²) in [4.78, 5) is 8.20. The van der Waals surface area contributed by atoms with E-state index in [4.69, 9.17) is 15.8 Å². The number of hydrogen-bond donors (Lipinski definition) is 2. The van der Waals surface area contributed by atoms with E-state index in [1.807, 2.05) is 0 Å². The highest BCUT2D eigenvalue weighted by Crippen LogP contribution is 2.24. The van der Waals surface area contributed by atoms with Crippen LogP contribution < -0.4 is 10.6 Å². The lowest BCUT2D eigenvalue weighted by atomic mass is 10.2. The highest BCUT2D eigenvalue weighted by atomic mass is 35.5. The molecule has 7 nitrogen and oxygen atoms in total. The summed E-state index contributed by atoms with van der Waals surface area (Å²) in [6, 6.07) is 7.10. The molecule has 0 aliphatic heterocycles. The van der Waals surface area contributed by atoms with Crippen LogP contribution in [-0.4, -0.2) is 31.7 Å². The third-order valence-corrected chi connectivity index (χ3v) is 3.42. The summed E-state index contributed by atoms with van der Waals surface area (Å²) in [7, 11) is -1.78. The first-order chi connectivity index (χ1) is 10.4. The first-order valence-corrected chi connectivity index (χ1v) is 8.47. The van der Waals surface area contributed by atoms with E-state index in [-0.39, 0.29) is 6.61 Å². The van der Waals surface area contributed by atoms with E-state index in [0.29, 0.717) is 28.0 Å². The van der Waals surface area contributed by atoms with Crippen LogP contribution in [-0.2, 0) is 20.9 Å². The number of hydrogen-bond acceptors (Lipinski definition) is 7. The molecule has 0 saturated carbocycles. The van der Waals surface area contributed by atoms with E-state index in [1.54, 1.807) is 31.3 Å². The average molecular weight is 343 g/mol. The van der Waals surface area contributed by atoms with Gasteiger partial charge in [-0.3, -0.25) is 4.18 Å². The second-order valence-electron chi connectivity index (χ2n) is 4.43. The van der Waals surface area contributed by atoms with E-state index >= 15 is 0 Å². The predicted molar refractivity (Wildman–Crippen MR) is 85.9 cm³/mol. The van der Waals surface area contributed by atoms with Gasteiger partial charge in [-0.1, -0.05) is 23.7 Å². The van der Waals surface area contributed by atoms with Crippen molar-refractivity contribution in [1.29, 1.82) is 0 Å². The Bertz CT molecular complexity index is 768. The van der Waals surface area contributed by atoms with Gasteiger partial charge in [0.05, 0.1) is 19.1 Å². The quantitative estimate of drug-likeness (QED) is 0.778. The van der Waals surface area contributed by atoms with Crippen LogP contribution in [0.2, 0.25) is 5.02 Å². The minimum atomic E-state index is -3.48. The van der Waals surface area contributed by atoms with Gasteiger partial charge >= 0.3 is 0 Å². The summed E-state index contributed by atoms with van der Waals surface area (Å²) < 4.78 is 26.8. The summed E-state index contributed by atoms with van der Waals surface area (Å²) >= 11 is 6.04. The lowest BCUT2D eigenvalue weighted by molar-refractivity contribution is 0.312. The molecule has 0 spiro atoms. The maximum absolute atomic E-state index is 11.0. The summed E-state index contributed by atoms with van der Waals surface area (Å²) in [5.41, 5.74) is 1.41. The molecule has 9 heteroatoms. The molecule has 0 fully saturated rings. The molecule has 0 aliphatic rings. The molecule has 0 radical (unpaired) electrons. The molecule has 118 valence electrons. The number of nitrogens with one attached hydrogen (secondary N) is 2. The molecule has 2 aromatic rings. The number of anilines is 3. The molecule has 0 unspecified atom stereocenters. The zero-order valence-corrected chi connectivity index (χ0v) is 13.6. The molecular weight excluding hydrogens is 328 g/mol. The number of nitrogens with zero attached hydrogens (tertiary/aromatic N) is 2. The summed E-state index contributed by atoms with van der Waals surface area (Å²) in [6.07, 6.45) is 2.49. The molecule has 0 atom stereocenters. The molecular formula is C13H15ClN4O3S. The molecule has 1 heterocycles. The Morgan fingerprint density at radius 1 is 1.36 bits per heavy atom. The SMILES string of the molecule is CNc1ncc(Cl)c(Nc2cccc(COS(C)(=O)=O)c2)n1. The van der Waals surface area contributed by atoms with Gasteiger partial charge < -0.3 is 10.6 Å². The molecule has 2 rings (SSSR count). The Morgan fingerprint density at radius 3 is 2.82 bits per heavy atom. The minimum absolute atomic E-state index is 0.0341. The number of benzene rings is 1. The first kappa shape index (κ1) is 16.5. The van der Waals surface area contributed by atoms with Gasteiger partial charge in [-0.05, 0) is 17.7 Å². The van der Waals surface area contributed by atoms with E-state index in [1.165, 1.54) is 6.20 Å². The Morgan fingerprint density at radius 2 is 2.14 bits per heavy atom. The maximum atomic E-state index is 11.0. The van der Waals surface area contributed by atoms with Crippen molar-refractivity contribution in [2.75, 3.05) is 23.9 Å². The molecule has 22 heavy (non-hydrogen) atoms. The van der Waals surface area contributed by atoms with Gasteiger partial charge in [-0.2, -0.15) is 13.4 Å². The molecule has 0 amide bonds. The largest absolute Gasteiger partial charge is 0.357 e. The number of halogens is 1. The van der Waals surface area contributed by atoms with Gasteiger partial charge in [0.1, 0.15) is 5.02 Å². The Balaban J connectivity index is 2.16. The van der Waals surface area contributed by atoms with E-state index in [0.717, 1.165) is 6.26 Å². The lowest BCUT2D eigenvalue weighted by Crippen LogP contribution is -2.03. The zero-order valence-electron chi connectivity index (χ0n) is 12.0. The van der Waals surface area contributed by atoms with Gasteiger partial charge in [-0.25, -0.2) is 4.98 Å². The van der Waals surface area contributed by atoms with Gasteiger partial charge in [0.25, 0.3) is 10.1 Å². The van der Waals surface area contributed by atoms with Crippen LogP contribution in [0.4, 0.5) is 17.5 Å². The average Bonchev–Trinajstić information content (AvgIpc) is 2.47. The highest BCUT2D eigenvalue weighted by molar-refractivity contribution is 7.85. The Labute approximate surface area is 133 Å². The van der Waals surface area contributed by atoms with Crippen molar-refractivity contribution in [3.05, 3.63) is 41.0 Å². The molecule has 1 aromatic carbocycles. The van der Waals surface area contributed by atoms with Crippen molar-refractivity contribution in [2.24, 2.45) is 0 Å². The van der Waals surface area contributed by atoms with Crippen LogP contribution in [0.3, 0.4) is 0 Å². The van der Waals surface area contributed by atoms with Crippen LogP contribution in [0.25, 0.3) is 0 Å². The van der Waals surface area contributed by atoms with Crippen LogP contribution in [0.5, 0.6) is 0 Å². The number of rotatable bonds is 6. The van der Waals surface area contributed by atoms with Gasteiger partial charge in [-0.15, -0.1) is 0 Å². The third kappa shape index (κ3) is 4.83. The van der Waals surface area contributed by atoms with Crippen molar-refractivity contribution >= 4 is 39.2 Å². The molecule has 2 N–H and O–H groups in total. The minimum Gasteiger partial charge on any atom is -0.357 e. The fourth-order valence-corrected chi connectivity index (χ4v) is 2.11. The monoisotopic (exact) mass is 342 g/mol. The normalized spacial score (nSPS) is 11.2. The van der Waals surface area contributed by atoms with E-state index < -0.39 is 10.1 Å². The highest BCUT2D eigenvalue weighted by Gasteiger charge is 2.07. The van der Waals surface area contributed by atoms with Crippen LogP contribution >= 0.6 is 11.6 Å². The molecule has 0 aliphatic carbocycles. The van der Waals surface area contributed by atoms with Gasteiger partial charge in [0, 0.05) is 12.7 Å². The van der Waals surface area contributed by atoms with Crippen LogP contribution in [0.1, 0.15) is 5.56 Å². The van der Waals surface area contributed by atoms with E-state index in [2.05, 4.69) is 20.6 Å². The fourth-order valence-electron chi connectivity index (χ4n) is 1.63. The molecule has 0 bridgehead atoms. The van der Waals surface area contributed by atoms with Gasteiger partial charge in [0.2, 0.25) is 5.95 Å². The smallest absolute Gasteiger partial charge is 0.264 e. The number of aromatic nitrogens is 2. The van der Waals surface area contributed by atoms with Crippen molar-refractivity contribution in [3.8, 4) is 0 Å². The zero-order chi connectivity index (χ0) is 16.2. The van der Waals surface area contributed by atoms with Crippen LogP contribution in [0.15, 0.2) is 30.5 Å². The van der Waals surface area contributed by atoms with E-state index in [9.17, 15) is 8.42 Å². The van der Waals surface area contributed by atoms with Crippen molar-refractivity contribution < 1.29 is 12.6 Å². The van der Waals surface area contributed by atoms with Crippen molar-refractivity contribution in [3.63, 3.8) is 0 Å². The lowest BCUT2D eigenvalue weighted by Gasteiger charge is -2.10. The van der Waals surface area contributed by atoms with Gasteiger partial charge in [0.15, 0.2) is 5.82 Å². The fraction of sp³-hybridized carbons (Fsp3) is 0.231. The Kier molecular flexibility index (Phi) is 5.17. The standard InChI is InChI=1S/C13H15ClN4O3S/c1-15-13-16-7-11(14)12(18-13)17-10-5-3-4-9(6-10)8-21-22(2,19)20/h3-7H,8H2,1-2H3,(H2,15,16,17,18). The van der Waals surface area contributed by atoms with Crippen LogP contribution in [0, 0.1) is 0 Å². The summed E-state index contributed by atoms with van der Waals surface area (Å²) in [6.45, 7) is -0.0341. The van der Waals surface area contributed by atoms with Crippen molar-refractivity contribution in [2.45, 2.75) is 6.61 Å². The first-order valence-electron chi connectivity index (χ1n) is 6.28. The molecule has 0 saturated heterocycles. The summed E-state index contributed by atoms with van der Waals surface area (Å²) in [5.74, 6) is 0.880. The van der Waals surface area contributed by atoms with Crippen molar-refractivity contribution in [1.82, 2.24) is 9.97 Å². The second-order valence-corrected chi connectivity index (χ2v) is 6.48. The Hall–Kier alpha value is -1.90. The second kappa shape index (κ2) is 6.91. The molecule has 1 aromatic heterocycles. The maximum Gasteiger partial charge on any atom is 0.264 e. The summed E-state index contributed by atoms with van der Waals surface area (Å²) in [5, 5.41) is 6.25. The predicted octanol–water partition coefficient (Wildman–Crippen LogP) is 2.39. The third-order valence-electron chi connectivity index (χ3n) is 2.60. The topological polar surface area (TPSA) is 93.2 Å².